The normalized spacial score (nSPS) is 24.3. The summed E-state index contributed by atoms with van der Waals surface area (Å²) in [7, 11) is 2.01. The van der Waals surface area contributed by atoms with Crippen molar-refractivity contribution in [3.05, 3.63) is 18.2 Å². The SMILES string of the molecule is Cn1cnc([C@H]2CCCN2)c1. The van der Waals surface area contributed by atoms with Crippen LogP contribution in [0.1, 0.15) is 24.6 Å². The van der Waals surface area contributed by atoms with E-state index in [4.69, 9.17) is 0 Å². The minimum Gasteiger partial charge on any atom is -0.340 e. The van der Waals surface area contributed by atoms with Gasteiger partial charge in [-0.2, -0.15) is 0 Å². The van der Waals surface area contributed by atoms with E-state index in [-0.39, 0.29) is 0 Å². The largest absolute Gasteiger partial charge is 0.340 e. The minimum absolute atomic E-state index is 0.510. The van der Waals surface area contributed by atoms with Crippen molar-refractivity contribution in [3.8, 4) is 0 Å². The Balaban J connectivity index is 2.15. The summed E-state index contributed by atoms with van der Waals surface area (Å²) >= 11 is 0. The first-order valence-corrected chi connectivity index (χ1v) is 4.07. The highest BCUT2D eigenvalue weighted by Crippen LogP contribution is 2.20. The Morgan fingerprint density at radius 1 is 1.73 bits per heavy atom. The van der Waals surface area contributed by atoms with Gasteiger partial charge in [-0.15, -0.1) is 0 Å². The molecule has 3 heteroatoms. The molecule has 1 aliphatic heterocycles. The molecule has 60 valence electrons. The summed E-state index contributed by atoms with van der Waals surface area (Å²) in [6.07, 6.45) is 6.45. The number of imidazole rings is 1. The minimum atomic E-state index is 0.510. The topological polar surface area (TPSA) is 29.9 Å². The van der Waals surface area contributed by atoms with Gasteiger partial charge >= 0.3 is 0 Å². The van der Waals surface area contributed by atoms with Gasteiger partial charge in [0.05, 0.1) is 18.1 Å². The predicted octanol–water partition coefficient (Wildman–Crippen LogP) is 0.845. The lowest BCUT2D eigenvalue weighted by molar-refractivity contribution is 0.630. The smallest absolute Gasteiger partial charge is 0.0947 e. The Hall–Kier alpha value is -0.830. The van der Waals surface area contributed by atoms with E-state index < -0.39 is 0 Å². The van der Waals surface area contributed by atoms with Crippen LogP contribution in [0.4, 0.5) is 0 Å². The molecule has 0 unspecified atom stereocenters. The van der Waals surface area contributed by atoms with E-state index in [9.17, 15) is 0 Å². The Bertz CT molecular complexity index is 235. The fourth-order valence-corrected chi connectivity index (χ4v) is 1.55. The second-order valence-corrected chi connectivity index (χ2v) is 3.11. The molecule has 0 radical (unpaired) electrons. The maximum atomic E-state index is 4.30. The summed E-state index contributed by atoms with van der Waals surface area (Å²) in [6, 6.07) is 0.510. The van der Waals surface area contributed by atoms with Crippen LogP contribution in [0, 0.1) is 0 Å². The van der Waals surface area contributed by atoms with Gasteiger partial charge in [0, 0.05) is 13.2 Å². The van der Waals surface area contributed by atoms with Crippen LogP contribution in [0.15, 0.2) is 12.5 Å². The van der Waals surface area contributed by atoms with Crippen LogP contribution >= 0.6 is 0 Å². The van der Waals surface area contributed by atoms with Crippen molar-refractivity contribution in [3.63, 3.8) is 0 Å². The molecule has 1 aromatic heterocycles. The molecule has 1 aliphatic rings. The van der Waals surface area contributed by atoms with E-state index in [0.29, 0.717) is 6.04 Å². The molecule has 0 spiro atoms. The second kappa shape index (κ2) is 2.66. The summed E-state index contributed by atoms with van der Waals surface area (Å²) in [4.78, 5) is 4.30. The van der Waals surface area contributed by atoms with Gasteiger partial charge in [0.15, 0.2) is 0 Å². The molecule has 0 aliphatic carbocycles. The molecule has 0 aromatic carbocycles. The van der Waals surface area contributed by atoms with Crippen molar-refractivity contribution >= 4 is 0 Å². The predicted molar refractivity (Wildman–Crippen MR) is 43.2 cm³/mol. The van der Waals surface area contributed by atoms with Gasteiger partial charge in [0.1, 0.15) is 0 Å². The Morgan fingerprint density at radius 2 is 2.64 bits per heavy atom. The van der Waals surface area contributed by atoms with Gasteiger partial charge in [0.25, 0.3) is 0 Å². The summed E-state index contributed by atoms with van der Waals surface area (Å²) in [5.74, 6) is 0. The highest BCUT2D eigenvalue weighted by atomic mass is 15.0. The van der Waals surface area contributed by atoms with E-state index in [0.717, 1.165) is 6.54 Å². The van der Waals surface area contributed by atoms with Gasteiger partial charge in [-0.1, -0.05) is 0 Å². The fraction of sp³-hybridized carbons (Fsp3) is 0.625. The lowest BCUT2D eigenvalue weighted by Gasteiger charge is -2.04. The quantitative estimate of drug-likeness (QED) is 0.644. The van der Waals surface area contributed by atoms with E-state index in [2.05, 4.69) is 16.5 Å². The number of rotatable bonds is 1. The van der Waals surface area contributed by atoms with Crippen LogP contribution in [-0.2, 0) is 7.05 Å². The number of aryl methyl sites for hydroxylation is 1. The van der Waals surface area contributed by atoms with Crippen molar-refractivity contribution < 1.29 is 0 Å². The third-order valence-electron chi connectivity index (χ3n) is 2.14. The maximum Gasteiger partial charge on any atom is 0.0947 e. The van der Waals surface area contributed by atoms with Gasteiger partial charge in [-0.3, -0.25) is 0 Å². The van der Waals surface area contributed by atoms with Crippen LogP contribution in [0.5, 0.6) is 0 Å². The van der Waals surface area contributed by atoms with Crippen molar-refractivity contribution in [2.75, 3.05) is 6.54 Å². The Labute approximate surface area is 66.4 Å². The van der Waals surface area contributed by atoms with Crippen molar-refractivity contribution in [1.82, 2.24) is 14.9 Å². The monoisotopic (exact) mass is 151 g/mol. The third-order valence-corrected chi connectivity index (χ3v) is 2.14. The lowest BCUT2D eigenvalue weighted by atomic mass is 10.2. The molecule has 0 amide bonds. The first kappa shape index (κ1) is 6.85. The number of aromatic nitrogens is 2. The third kappa shape index (κ3) is 1.28. The molecule has 1 fully saturated rings. The van der Waals surface area contributed by atoms with Crippen LogP contribution < -0.4 is 5.32 Å². The Morgan fingerprint density at radius 3 is 3.18 bits per heavy atom. The molecule has 11 heavy (non-hydrogen) atoms. The highest BCUT2D eigenvalue weighted by molar-refractivity contribution is 5.04. The number of nitrogens with zero attached hydrogens (tertiary/aromatic N) is 2. The molecule has 2 rings (SSSR count). The first-order valence-electron chi connectivity index (χ1n) is 4.07. The van der Waals surface area contributed by atoms with E-state index in [1.165, 1.54) is 18.5 Å². The number of hydrogen-bond donors (Lipinski definition) is 1. The zero-order valence-electron chi connectivity index (χ0n) is 6.75. The van der Waals surface area contributed by atoms with Crippen molar-refractivity contribution in [1.29, 1.82) is 0 Å². The van der Waals surface area contributed by atoms with Crippen molar-refractivity contribution in [2.24, 2.45) is 7.05 Å². The first-order chi connectivity index (χ1) is 5.36. The van der Waals surface area contributed by atoms with Crippen LogP contribution in [0.2, 0.25) is 0 Å². The molecule has 0 bridgehead atoms. The molecule has 2 heterocycles. The van der Waals surface area contributed by atoms with Gasteiger partial charge < -0.3 is 9.88 Å². The molecule has 1 atom stereocenters. The van der Waals surface area contributed by atoms with Crippen LogP contribution in [-0.4, -0.2) is 16.1 Å². The molecule has 1 aromatic rings. The van der Waals surface area contributed by atoms with Gasteiger partial charge in [-0.25, -0.2) is 4.98 Å². The average Bonchev–Trinajstić information content (AvgIpc) is 2.55. The summed E-state index contributed by atoms with van der Waals surface area (Å²) in [5.41, 5.74) is 1.19. The molecule has 1 saturated heterocycles. The fourth-order valence-electron chi connectivity index (χ4n) is 1.55. The van der Waals surface area contributed by atoms with Crippen molar-refractivity contribution in [2.45, 2.75) is 18.9 Å². The average molecular weight is 151 g/mol. The zero-order valence-corrected chi connectivity index (χ0v) is 6.75. The Kier molecular flexibility index (Phi) is 1.66. The highest BCUT2D eigenvalue weighted by Gasteiger charge is 2.17. The van der Waals surface area contributed by atoms with E-state index in [1.54, 1.807) is 0 Å². The second-order valence-electron chi connectivity index (χ2n) is 3.11. The van der Waals surface area contributed by atoms with Gasteiger partial charge in [0.2, 0.25) is 0 Å². The standard InChI is InChI=1S/C8H13N3/c1-11-5-8(10-6-11)7-3-2-4-9-7/h5-7,9H,2-4H2,1H3/t7-/m1/s1. The van der Waals surface area contributed by atoms with Gasteiger partial charge in [-0.05, 0) is 19.4 Å². The molecular formula is C8H13N3. The van der Waals surface area contributed by atoms with E-state index >= 15 is 0 Å². The molecule has 1 N–H and O–H groups in total. The van der Waals surface area contributed by atoms with Crippen LogP contribution in [0.3, 0.4) is 0 Å². The molecule has 3 nitrogen and oxygen atoms in total. The van der Waals surface area contributed by atoms with Crippen LogP contribution in [0.25, 0.3) is 0 Å². The lowest BCUT2D eigenvalue weighted by Crippen LogP contribution is -2.12. The summed E-state index contributed by atoms with van der Waals surface area (Å²) < 4.78 is 2.00. The number of nitrogens with one attached hydrogen (secondary N) is 1. The molecular weight excluding hydrogens is 138 g/mol. The summed E-state index contributed by atoms with van der Waals surface area (Å²) in [5, 5.41) is 3.41. The van der Waals surface area contributed by atoms with E-state index in [1.807, 2.05) is 17.9 Å². The number of hydrogen-bond acceptors (Lipinski definition) is 2. The maximum absolute atomic E-state index is 4.30. The molecule has 0 saturated carbocycles. The zero-order chi connectivity index (χ0) is 7.68. The summed E-state index contributed by atoms with van der Waals surface area (Å²) in [6.45, 7) is 1.14.